The lowest BCUT2D eigenvalue weighted by atomic mass is 10.1. The highest BCUT2D eigenvalue weighted by Gasteiger charge is 2.23. The molecule has 1 aliphatic rings. The minimum absolute atomic E-state index is 0. The number of hydrogen-bond donors (Lipinski definition) is 2. The quantitative estimate of drug-likeness (QED) is 0.345. The monoisotopic (exact) mass is 532 g/mol. The Morgan fingerprint density at radius 1 is 1.39 bits per heavy atom. The number of alkyl halides is 2. The second-order valence-corrected chi connectivity index (χ2v) is 6.37. The van der Waals surface area contributed by atoms with E-state index in [2.05, 4.69) is 20.4 Å². The number of carbonyl (C=O) groups is 1. The molecule has 0 unspecified atom stereocenters. The number of guanidine groups is 1. The standard InChI is InChI=1S/C17H23ClF2N4O3.HI/c1-21-16(23-13-5-7-24(8-6-13)17(25)26-2)22-10-11-9-12(18)3-4-14(11)27-15(19)20;/h3-4,9,13,15H,5-8,10H2,1-2H3,(H2,21,22,23);1H. The third-order valence-corrected chi connectivity index (χ3v) is 4.41. The van der Waals surface area contributed by atoms with Gasteiger partial charge in [0.2, 0.25) is 0 Å². The molecule has 1 amide bonds. The van der Waals surface area contributed by atoms with E-state index in [1.807, 2.05) is 0 Å². The smallest absolute Gasteiger partial charge is 0.409 e. The molecular formula is C17H24ClF2IN4O3. The van der Waals surface area contributed by atoms with Crippen LogP contribution in [-0.4, -0.2) is 56.9 Å². The summed E-state index contributed by atoms with van der Waals surface area (Å²) in [5.74, 6) is 0.582. The predicted molar refractivity (Wildman–Crippen MR) is 114 cm³/mol. The average molecular weight is 533 g/mol. The SMILES string of the molecule is CN=C(NCc1cc(Cl)ccc1OC(F)F)NC1CCN(C(=O)OC)CC1.I. The number of nitrogens with zero attached hydrogens (tertiary/aromatic N) is 2. The van der Waals surface area contributed by atoms with Crippen molar-refractivity contribution in [1.29, 1.82) is 0 Å². The van der Waals surface area contributed by atoms with Gasteiger partial charge in [-0.1, -0.05) is 11.6 Å². The molecule has 0 spiro atoms. The molecule has 1 fully saturated rings. The number of halogens is 4. The molecule has 2 rings (SSSR count). The van der Waals surface area contributed by atoms with Gasteiger partial charge in [-0.15, -0.1) is 24.0 Å². The lowest BCUT2D eigenvalue weighted by Crippen LogP contribution is -2.49. The van der Waals surface area contributed by atoms with Crippen molar-refractivity contribution in [2.45, 2.75) is 32.0 Å². The molecule has 7 nitrogen and oxygen atoms in total. The molecule has 1 aliphatic heterocycles. The average Bonchev–Trinajstić information content (AvgIpc) is 2.66. The van der Waals surface area contributed by atoms with Crippen LogP contribution in [0.15, 0.2) is 23.2 Å². The van der Waals surface area contributed by atoms with Crippen LogP contribution in [0.25, 0.3) is 0 Å². The molecule has 11 heteroatoms. The van der Waals surface area contributed by atoms with Crippen molar-refractivity contribution in [2.24, 2.45) is 4.99 Å². The Morgan fingerprint density at radius 2 is 2.07 bits per heavy atom. The van der Waals surface area contributed by atoms with E-state index in [0.717, 1.165) is 12.8 Å². The Kier molecular flexibility index (Phi) is 10.6. The number of aliphatic imine (C=N–C) groups is 1. The summed E-state index contributed by atoms with van der Waals surface area (Å²) in [7, 11) is 2.98. The molecule has 0 bridgehead atoms. The summed E-state index contributed by atoms with van der Waals surface area (Å²) in [5.41, 5.74) is 0.492. The Hall–Kier alpha value is -1.56. The lowest BCUT2D eigenvalue weighted by Gasteiger charge is -2.32. The minimum atomic E-state index is -2.91. The van der Waals surface area contributed by atoms with Crippen LogP contribution in [0, 0.1) is 0 Å². The summed E-state index contributed by atoms with van der Waals surface area (Å²) in [6.07, 6.45) is 1.16. The number of nitrogens with one attached hydrogen (secondary N) is 2. The first-order chi connectivity index (χ1) is 12.9. The first-order valence-electron chi connectivity index (χ1n) is 8.46. The fourth-order valence-electron chi connectivity index (χ4n) is 2.80. The normalized spacial score (nSPS) is 15.1. The maximum atomic E-state index is 12.5. The van der Waals surface area contributed by atoms with Crippen LogP contribution in [0.4, 0.5) is 13.6 Å². The minimum Gasteiger partial charge on any atom is -0.453 e. The Morgan fingerprint density at radius 3 is 2.64 bits per heavy atom. The molecule has 0 atom stereocenters. The van der Waals surface area contributed by atoms with E-state index in [1.165, 1.54) is 19.2 Å². The van der Waals surface area contributed by atoms with E-state index in [0.29, 0.717) is 29.6 Å². The van der Waals surface area contributed by atoms with Gasteiger partial charge in [0, 0.05) is 43.3 Å². The molecule has 2 N–H and O–H groups in total. The largest absolute Gasteiger partial charge is 0.453 e. The number of likely N-dealkylation sites (tertiary alicyclic amines) is 1. The van der Waals surface area contributed by atoms with Crippen LogP contribution < -0.4 is 15.4 Å². The van der Waals surface area contributed by atoms with Crippen molar-refractivity contribution < 1.29 is 23.0 Å². The van der Waals surface area contributed by atoms with Crippen LogP contribution in [-0.2, 0) is 11.3 Å². The molecule has 1 aromatic carbocycles. The highest BCUT2D eigenvalue weighted by molar-refractivity contribution is 14.0. The molecule has 28 heavy (non-hydrogen) atoms. The van der Waals surface area contributed by atoms with Crippen LogP contribution in [0.5, 0.6) is 5.75 Å². The molecule has 0 radical (unpaired) electrons. The predicted octanol–water partition coefficient (Wildman–Crippen LogP) is 3.46. The Labute approximate surface area is 184 Å². The lowest BCUT2D eigenvalue weighted by molar-refractivity contribution is -0.0504. The number of ether oxygens (including phenoxy) is 2. The Balaban J connectivity index is 0.00000392. The fraction of sp³-hybridized carbons (Fsp3) is 0.529. The van der Waals surface area contributed by atoms with Gasteiger partial charge < -0.3 is 25.0 Å². The molecule has 1 heterocycles. The van der Waals surface area contributed by atoms with Crippen molar-refractivity contribution in [1.82, 2.24) is 15.5 Å². The molecular weight excluding hydrogens is 509 g/mol. The molecule has 1 saturated heterocycles. The second-order valence-electron chi connectivity index (χ2n) is 5.93. The van der Waals surface area contributed by atoms with Crippen LogP contribution >= 0.6 is 35.6 Å². The number of methoxy groups -OCH3 is 1. The zero-order valence-corrected chi connectivity index (χ0v) is 18.7. The number of piperidine rings is 1. The van der Waals surface area contributed by atoms with Gasteiger partial charge in [0.15, 0.2) is 5.96 Å². The van der Waals surface area contributed by atoms with E-state index < -0.39 is 6.61 Å². The zero-order chi connectivity index (χ0) is 19.8. The highest BCUT2D eigenvalue weighted by atomic mass is 127. The molecule has 158 valence electrons. The summed E-state index contributed by atoms with van der Waals surface area (Å²) in [6, 6.07) is 4.59. The van der Waals surface area contributed by atoms with Gasteiger partial charge >= 0.3 is 12.7 Å². The van der Waals surface area contributed by atoms with Gasteiger partial charge in [0.25, 0.3) is 0 Å². The number of hydrogen-bond acceptors (Lipinski definition) is 4. The van der Waals surface area contributed by atoms with Crippen molar-refractivity contribution in [3.8, 4) is 5.75 Å². The number of rotatable bonds is 5. The molecule has 0 aliphatic carbocycles. The Bertz CT molecular complexity index is 674. The third-order valence-electron chi connectivity index (χ3n) is 4.18. The molecule has 0 aromatic heterocycles. The van der Waals surface area contributed by atoms with Crippen LogP contribution in [0.3, 0.4) is 0 Å². The summed E-state index contributed by atoms with van der Waals surface area (Å²) in [4.78, 5) is 17.3. The van der Waals surface area contributed by atoms with Gasteiger partial charge in [-0.05, 0) is 31.0 Å². The van der Waals surface area contributed by atoms with Crippen LogP contribution in [0.2, 0.25) is 5.02 Å². The van der Waals surface area contributed by atoms with Crippen molar-refractivity contribution in [3.05, 3.63) is 28.8 Å². The third kappa shape index (κ3) is 7.46. The summed E-state index contributed by atoms with van der Waals surface area (Å²) in [5, 5.41) is 6.76. The van der Waals surface area contributed by atoms with Gasteiger partial charge in [0.05, 0.1) is 7.11 Å². The van der Waals surface area contributed by atoms with Crippen LogP contribution in [0.1, 0.15) is 18.4 Å². The van der Waals surface area contributed by atoms with Gasteiger partial charge in [0.1, 0.15) is 5.75 Å². The highest BCUT2D eigenvalue weighted by Crippen LogP contribution is 2.24. The van der Waals surface area contributed by atoms with E-state index >= 15 is 0 Å². The summed E-state index contributed by atoms with van der Waals surface area (Å²) in [6.45, 7) is -1.53. The van der Waals surface area contributed by atoms with Crippen molar-refractivity contribution in [3.63, 3.8) is 0 Å². The topological polar surface area (TPSA) is 75.2 Å². The number of amides is 1. The van der Waals surface area contributed by atoms with E-state index in [4.69, 9.17) is 16.3 Å². The first-order valence-corrected chi connectivity index (χ1v) is 8.84. The van der Waals surface area contributed by atoms with Gasteiger partial charge in [-0.3, -0.25) is 4.99 Å². The first kappa shape index (κ1) is 24.5. The van der Waals surface area contributed by atoms with Crippen molar-refractivity contribution in [2.75, 3.05) is 27.2 Å². The maximum absolute atomic E-state index is 12.5. The molecule has 0 saturated carbocycles. The fourth-order valence-corrected chi connectivity index (χ4v) is 2.99. The number of benzene rings is 1. The molecule has 1 aromatic rings. The van der Waals surface area contributed by atoms with Gasteiger partial charge in [-0.2, -0.15) is 8.78 Å². The second kappa shape index (κ2) is 12.1. The van der Waals surface area contributed by atoms with Crippen molar-refractivity contribution >= 4 is 47.6 Å². The maximum Gasteiger partial charge on any atom is 0.409 e. The summed E-state index contributed by atoms with van der Waals surface area (Å²) < 4.78 is 34.3. The van der Waals surface area contributed by atoms with E-state index in [1.54, 1.807) is 18.0 Å². The number of carbonyl (C=O) groups excluding carboxylic acids is 1. The zero-order valence-electron chi connectivity index (χ0n) is 15.6. The van der Waals surface area contributed by atoms with Gasteiger partial charge in [-0.25, -0.2) is 4.79 Å². The van der Waals surface area contributed by atoms with E-state index in [-0.39, 0.29) is 48.4 Å². The van der Waals surface area contributed by atoms with E-state index in [9.17, 15) is 13.6 Å². The summed E-state index contributed by atoms with van der Waals surface area (Å²) >= 11 is 5.95.